The third kappa shape index (κ3) is 4.65. The van der Waals surface area contributed by atoms with Crippen molar-refractivity contribution in [2.24, 2.45) is 13.0 Å². The average Bonchev–Trinajstić information content (AvgIpc) is 2.60. The van der Waals surface area contributed by atoms with Crippen molar-refractivity contribution in [2.75, 3.05) is 18.6 Å². The fourth-order valence-corrected chi connectivity index (χ4v) is 2.78. The summed E-state index contributed by atoms with van der Waals surface area (Å²) in [5.41, 5.74) is 2.64. The van der Waals surface area contributed by atoms with E-state index < -0.39 is 0 Å². The van der Waals surface area contributed by atoms with E-state index in [1.165, 1.54) is 17.0 Å². The van der Waals surface area contributed by atoms with Crippen molar-refractivity contribution >= 4 is 11.8 Å². The predicted octanol–water partition coefficient (Wildman–Crippen LogP) is 2.81. The first-order chi connectivity index (χ1) is 8.34. The van der Waals surface area contributed by atoms with Crippen LogP contribution in [0.4, 0.5) is 0 Å². The Morgan fingerprint density at radius 1 is 1.44 bits per heavy atom. The summed E-state index contributed by atoms with van der Waals surface area (Å²) in [6.07, 6.45) is 4.29. The van der Waals surface area contributed by atoms with Crippen molar-refractivity contribution in [3.63, 3.8) is 0 Å². The predicted molar refractivity (Wildman–Crippen MR) is 81.2 cm³/mol. The molecule has 1 aromatic rings. The molecule has 1 atom stereocenters. The molecule has 18 heavy (non-hydrogen) atoms. The van der Waals surface area contributed by atoms with Gasteiger partial charge in [-0.15, -0.1) is 0 Å². The summed E-state index contributed by atoms with van der Waals surface area (Å²) in [4.78, 5) is 0. The molecule has 0 radical (unpaired) electrons. The maximum Gasteiger partial charge on any atom is 0.0722 e. The van der Waals surface area contributed by atoms with Gasteiger partial charge in [-0.1, -0.05) is 27.7 Å². The van der Waals surface area contributed by atoms with Crippen LogP contribution in [0, 0.1) is 5.92 Å². The third-order valence-corrected chi connectivity index (χ3v) is 3.78. The molecule has 104 valence electrons. The van der Waals surface area contributed by atoms with E-state index in [0.717, 1.165) is 19.0 Å². The summed E-state index contributed by atoms with van der Waals surface area (Å²) in [7, 11) is 2.00. The van der Waals surface area contributed by atoms with Crippen LogP contribution in [0.5, 0.6) is 0 Å². The summed E-state index contributed by atoms with van der Waals surface area (Å²) < 4.78 is 1.92. The van der Waals surface area contributed by atoms with Crippen LogP contribution in [0.1, 0.15) is 39.0 Å². The minimum absolute atomic E-state index is 0.114. The van der Waals surface area contributed by atoms with Crippen LogP contribution in [0.3, 0.4) is 0 Å². The number of hydrogen-bond acceptors (Lipinski definition) is 3. The van der Waals surface area contributed by atoms with Crippen molar-refractivity contribution in [1.29, 1.82) is 0 Å². The molecule has 4 heteroatoms. The SMILES string of the molecule is CSCC(C)CNCc1cn(C)nc1C(C)(C)C. The molecule has 0 fully saturated rings. The summed E-state index contributed by atoms with van der Waals surface area (Å²) in [5, 5.41) is 8.13. The number of hydrogen-bond donors (Lipinski definition) is 1. The Balaban J connectivity index is 2.57. The first-order valence-corrected chi connectivity index (χ1v) is 7.96. The molecular weight excluding hydrogens is 242 g/mol. The van der Waals surface area contributed by atoms with Gasteiger partial charge in [0.25, 0.3) is 0 Å². The van der Waals surface area contributed by atoms with Crippen LogP contribution in [-0.2, 0) is 19.0 Å². The van der Waals surface area contributed by atoms with Gasteiger partial charge in [-0.3, -0.25) is 4.68 Å². The molecule has 0 saturated carbocycles. The highest BCUT2D eigenvalue weighted by molar-refractivity contribution is 7.98. The van der Waals surface area contributed by atoms with Gasteiger partial charge >= 0.3 is 0 Å². The van der Waals surface area contributed by atoms with Crippen LogP contribution in [0.15, 0.2) is 6.20 Å². The summed E-state index contributed by atoms with van der Waals surface area (Å²) in [6.45, 7) is 10.9. The lowest BCUT2D eigenvalue weighted by atomic mass is 9.89. The number of aromatic nitrogens is 2. The zero-order valence-corrected chi connectivity index (χ0v) is 13.4. The topological polar surface area (TPSA) is 29.9 Å². The minimum atomic E-state index is 0.114. The summed E-state index contributed by atoms with van der Waals surface area (Å²) >= 11 is 1.91. The van der Waals surface area contributed by atoms with Crippen molar-refractivity contribution in [3.8, 4) is 0 Å². The number of thioether (sulfide) groups is 1. The molecule has 1 rings (SSSR count). The fourth-order valence-electron chi connectivity index (χ4n) is 2.10. The Bertz CT molecular complexity index is 366. The highest BCUT2D eigenvalue weighted by Gasteiger charge is 2.21. The maximum atomic E-state index is 4.59. The van der Waals surface area contributed by atoms with E-state index in [0.29, 0.717) is 0 Å². The monoisotopic (exact) mass is 269 g/mol. The molecule has 0 aliphatic heterocycles. The van der Waals surface area contributed by atoms with Crippen LogP contribution in [-0.4, -0.2) is 28.3 Å². The molecule has 1 heterocycles. The van der Waals surface area contributed by atoms with E-state index in [2.05, 4.69) is 50.6 Å². The standard InChI is InChI=1S/C14H27N3S/c1-11(10-18-6)7-15-8-12-9-17(5)16-13(12)14(2,3)4/h9,11,15H,7-8,10H2,1-6H3. The van der Waals surface area contributed by atoms with E-state index in [4.69, 9.17) is 0 Å². The lowest BCUT2D eigenvalue weighted by molar-refractivity contribution is 0.530. The van der Waals surface area contributed by atoms with Gasteiger partial charge in [0, 0.05) is 30.8 Å². The lowest BCUT2D eigenvalue weighted by Gasteiger charge is -2.18. The molecule has 0 bridgehead atoms. The van der Waals surface area contributed by atoms with Crippen LogP contribution >= 0.6 is 11.8 Å². The van der Waals surface area contributed by atoms with Crippen molar-refractivity contribution < 1.29 is 0 Å². The van der Waals surface area contributed by atoms with Crippen LogP contribution < -0.4 is 5.32 Å². The zero-order chi connectivity index (χ0) is 13.8. The second kappa shape index (κ2) is 6.62. The molecule has 1 aromatic heterocycles. The first-order valence-electron chi connectivity index (χ1n) is 6.57. The second-order valence-electron chi connectivity index (χ2n) is 6.12. The normalized spacial score (nSPS) is 13.9. The Morgan fingerprint density at radius 2 is 2.11 bits per heavy atom. The average molecular weight is 269 g/mol. The maximum absolute atomic E-state index is 4.59. The van der Waals surface area contributed by atoms with E-state index in [1.54, 1.807) is 0 Å². The van der Waals surface area contributed by atoms with Gasteiger partial charge in [0.2, 0.25) is 0 Å². The first kappa shape index (κ1) is 15.6. The largest absolute Gasteiger partial charge is 0.312 e. The van der Waals surface area contributed by atoms with Crippen LogP contribution in [0.25, 0.3) is 0 Å². The van der Waals surface area contributed by atoms with Crippen LogP contribution in [0.2, 0.25) is 0 Å². The lowest BCUT2D eigenvalue weighted by Crippen LogP contribution is -2.24. The fraction of sp³-hybridized carbons (Fsp3) is 0.786. The van der Waals surface area contributed by atoms with Gasteiger partial charge in [-0.2, -0.15) is 16.9 Å². The molecule has 1 unspecified atom stereocenters. The van der Waals surface area contributed by atoms with Gasteiger partial charge in [-0.05, 0) is 24.5 Å². The van der Waals surface area contributed by atoms with Gasteiger partial charge in [0.15, 0.2) is 0 Å². The summed E-state index contributed by atoms with van der Waals surface area (Å²) in [6, 6.07) is 0. The van der Waals surface area contributed by atoms with E-state index >= 15 is 0 Å². The van der Waals surface area contributed by atoms with Gasteiger partial charge in [0.05, 0.1) is 5.69 Å². The number of rotatable bonds is 6. The molecule has 0 amide bonds. The molecule has 0 aliphatic rings. The highest BCUT2D eigenvalue weighted by Crippen LogP contribution is 2.23. The van der Waals surface area contributed by atoms with E-state index in [1.807, 2.05) is 23.5 Å². The highest BCUT2D eigenvalue weighted by atomic mass is 32.2. The smallest absolute Gasteiger partial charge is 0.0722 e. The summed E-state index contributed by atoms with van der Waals surface area (Å²) in [5.74, 6) is 1.93. The molecule has 0 spiro atoms. The molecule has 0 aliphatic carbocycles. The molecular formula is C14H27N3S. The number of aryl methyl sites for hydroxylation is 1. The second-order valence-corrected chi connectivity index (χ2v) is 7.03. The zero-order valence-electron chi connectivity index (χ0n) is 12.6. The Kier molecular flexibility index (Phi) is 5.73. The Hall–Kier alpha value is -0.480. The van der Waals surface area contributed by atoms with E-state index in [-0.39, 0.29) is 5.41 Å². The number of nitrogens with zero attached hydrogens (tertiary/aromatic N) is 2. The third-order valence-electron chi connectivity index (χ3n) is 2.87. The van der Waals surface area contributed by atoms with Crippen molar-refractivity contribution in [2.45, 2.75) is 39.7 Å². The van der Waals surface area contributed by atoms with Crippen molar-refractivity contribution in [3.05, 3.63) is 17.5 Å². The van der Waals surface area contributed by atoms with E-state index in [9.17, 15) is 0 Å². The molecule has 0 saturated heterocycles. The quantitative estimate of drug-likeness (QED) is 0.861. The van der Waals surface area contributed by atoms with Gasteiger partial charge in [-0.25, -0.2) is 0 Å². The Morgan fingerprint density at radius 3 is 2.67 bits per heavy atom. The Labute approximate surface area is 116 Å². The number of nitrogens with one attached hydrogen (secondary N) is 1. The van der Waals surface area contributed by atoms with Gasteiger partial charge < -0.3 is 5.32 Å². The molecule has 0 aromatic carbocycles. The van der Waals surface area contributed by atoms with Gasteiger partial charge in [0.1, 0.15) is 0 Å². The van der Waals surface area contributed by atoms with Crippen molar-refractivity contribution in [1.82, 2.24) is 15.1 Å². The molecule has 1 N–H and O–H groups in total. The minimum Gasteiger partial charge on any atom is -0.312 e. The molecule has 3 nitrogen and oxygen atoms in total.